The van der Waals surface area contributed by atoms with Crippen LogP contribution in [0.2, 0.25) is 0 Å². The van der Waals surface area contributed by atoms with Gasteiger partial charge in [-0.05, 0) is 44.1 Å². The Bertz CT molecular complexity index is 1260. The van der Waals surface area contributed by atoms with Crippen LogP contribution in [0, 0.1) is 5.92 Å². The largest absolute Gasteiger partial charge is 0.388 e. The van der Waals surface area contributed by atoms with E-state index in [1.54, 1.807) is 37.3 Å². The van der Waals surface area contributed by atoms with Crippen LogP contribution in [0.25, 0.3) is 0 Å². The predicted molar refractivity (Wildman–Crippen MR) is 163 cm³/mol. The molecule has 0 heterocycles. The van der Waals surface area contributed by atoms with Gasteiger partial charge >= 0.3 is 0 Å². The van der Waals surface area contributed by atoms with Gasteiger partial charge in [-0.25, -0.2) is 21.6 Å². The molecule has 1 aliphatic rings. The van der Waals surface area contributed by atoms with Crippen LogP contribution >= 0.6 is 0 Å². The van der Waals surface area contributed by atoms with Crippen molar-refractivity contribution in [1.29, 1.82) is 0 Å². The van der Waals surface area contributed by atoms with Crippen LogP contribution < -0.4 is 21.1 Å². The first-order chi connectivity index (χ1) is 19.8. The summed E-state index contributed by atoms with van der Waals surface area (Å²) in [4.78, 5) is 42.6. The molecule has 0 aromatic heterocycles. The Balaban J connectivity index is 2.21. The van der Waals surface area contributed by atoms with Crippen molar-refractivity contribution in [2.24, 2.45) is 16.6 Å². The van der Waals surface area contributed by atoms with Gasteiger partial charge in [0.1, 0.15) is 28.2 Å². The quantitative estimate of drug-likeness (QED) is 0.0807. The minimum absolute atomic E-state index is 0.163. The number of nitrogens with zero attached hydrogens (tertiary/aromatic N) is 1. The molecule has 14 heteroatoms. The van der Waals surface area contributed by atoms with Crippen molar-refractivity contribution >= 4 is 43.8 Å². The molecule has 12 nitrogen and oxygen atoms in total. The number of benzene rings is 1. The van der Waals surface area contributed by atoms with E-state index in [1.165, 1.54) is 0 Å². The van der Waals surface area contributed by atoms with Gasteiger partial charge in [0.05, 0.1) is 23.4 Å². The van der Waals surface area contributed by atoms with E-state index in [0.717, 1.165) is 38.4 Å². The highest BCUT2D eigenvalue weighted by Gasteiger charge is 2.32. The van der Waals surface area contributed by atoms with Crippen LogP contribution in [0.15, 0.2) is 35.3 Å². The Morgan fingerprint density at radius 2 is 1.64 bits per heavy atom. The summed E-state index contributed by atoms with van der Waals surface area (Å²) in [6, 6.07) is 5.11. The number of carbonyl (C=O) groups excluding carboxylic acids is 3. The molecule has 1 aromatic carbocycles. The zero-order valence-corrected chi connectivity index (χ0v) is 26.1. The number of sulfonamides is 1. The third-order valence-electron chi connectivity index (χ3n) is 7.07. The molecule has 1 aliphatic carbocycles. The Morgan fingerprint density at radius 3 is 2.24 bits per heavy atom. The number of amides is 2. The van der Waals surface area contributed by atoms with Gasteiger partial charge in [-0.2, -0.15) is 0 Å². The number of hydrogen-bond donors (Lipinski definition) is 4. The fraction of sp³-hybridized carbons (Fsp3) is 0.643. The highest BCUT2D eigenvalue weighted by Crippen LogP contribution is 2.27. The van der Waals surface area contributed by atoms with Gasteiger partial charge in [0.15, 0.2) is 0 Å². The maximum Gasteiger partial charge on any atom is 0.243 e. The van der Waals surface area contributed by atoms with Crippen molar-refractivity contribution < 1.29 is 31.2 Å². The maximum absolute atomic E-state index is 13.5. The van der Waals surface area contributed by atoms with Crippen molar-refractivity contribution in [3.05, 3.63) is 35.9 Å². The summed E-state index contributed by atoms with van der Waals surface area (Å²) < 4.78 is 52.0. The van der Waals surface area contributed by atoms with Gasteiger partial charge < -0.3 is 21.2 Å². The van der Waals surface area contributed by atoms with E-state index >= 15 is 0 Å². The number of aliphatic imine (C=N–C) groups is 1. The highest BCUT2D eigenvalue weighted by molar-refractivity contribution is 7.90. The topological polar surface area (TPSA) is 194 Å². The molecule has 1 saturated carbocycles. The number of aldehydes is 1. The summed E-state index contributed by atoms with van der Waals surface area (Å²) in [6.45, 7) is 2.05. The van der Waals surface area contributed by atoms with Crippen LogP contribution in [0.5, 0.6) is 0 Å². The number of carbonyl (C=O) groups is 3. The molecule has 42 heavy (non-hydrogen) atoms. The Kier molecular flexibility index (Phi) is 14.6. The maximum atomic E-state index is 13.5. The Morgan fingerprint density at radius 1 is 1.00 bits per heavy atom. The lowest BCUT2D eigenvalue weighted by molar-refractivity contribution is -0.131. The SMILES string of the molecule is CC(N)=NCCCC(C=O)NC(=O)C(CC1CCCCC1)NC(=O)C(CCS(C)(=O)=O)NS(=O)(=O)Cc1ccccc1. The average molecular weight is 628 g/mol. The Labute approximate surface area is 249 Å². The zero-order chi connectivity index (χ0) is 31.2. The number of nitrogens with one attached hydrogen (secondary N) is 3. The van der Waals surface area contributed by atoms with E-state index in [9.17, 15) is 31.2 Å². The van der Waals surface area contributed by atoms with Gasteiger partial charge in [0.25, 0.3) is 0 Å². The molecule has 236 valence electrons. The van der Waals surface area contributed by atoms with Crippen LogP contribution in [0.1, 0.15) is 70.3 Å². The normalized spacial score (nSPS) is 17.1. The molecule has 2 amide bonds. The van der Waals surface area contributed by atoms with E-state index in [4.69, 9.17) is 5.73 Å². The molecule has 3 unspecified atom stereocenters. The molecule has 0 aliphatic heterocycles. The monoisotopic (exact) mass is 627 g/mol. The van der Waals surface area contributed by atoms with Gasteiger partial charge in [0, 0.05) is 12.8 Å². The van der Waals surface area contributed by atoms with Crippen LogP contribution in [0.3, 0.4) is 0 Å². The minimum atomic E-state index is -4.04. The van der Waals surface area contributed by atoms with E-state index in [-0.39, 0.29) is 12.3 Å². The van der Waals surface area contributed by atoms with Crippen LogP contribution in [-0.4, -0.2) is 77.5 Å². The molecule has 0 bridgehead atoms. The van der Waals surface area contributed by atoms with Gasteiger partial charge in [-0.3, -0.25) is 14.6 Å². The lowest BCUT2D eigenvalue weighted by Crippen LogP contribution is -2.56. The summed E-state index contributed by atoms with van der Waals surface area (Å²) >= 11 is 0. The molecule has 0 radical (unpaired) electrons. The fourth-order valence-electron chi connectivity index (χ4n) is 4.91. The first-order valence-electron chi connectivity index (χ1n) is 14.3. The third kappa shape index (κ3) is 14.4. The van der Waals surface area contributed by atoms with Crippen molar-refractivity contribution in [2.75, 3.05) is 18.6 Å². The molecule has 3 atom stereocenters. The van der Waals surface area contributed by atoms with Crippen molar-refractivity contribution in [3.8, 4) is 0 Å². The number of nitrogens with two attached hydrogens (primary N) is 1. The van der Waals surface area contributed by atoms with Crippen molar-refractivity contribution in [2.45, 2.75) is 88.6 Å². The molecular weight excluding hydrogens is 582 g/mol. The minimum Gasteiger partial charge on any atom is -0.388 e. The van der Waals surface area contributed by atoms with E-state index in [2.05, 4.69) is 20.3 Å². The van der Waals surface area contributed by atoms with Crippen molar-refractivity contribution in [3.63, 3.8) is 0 Å². The third-order valence-corrected chi connectivity index (χ3v) is 9.40. The van der Waals surface area contributed by atoms with Gasteiger partial charge in [-0.1, -0.05) is 62.4 Å². The lowest BCUT2D eigenvalue weighted by Gasteiger charge is -2.29. The van der Waals surface area contributed by atoms with Crippen LogP contribution in [0.4, 0.5) is 0 Å². The molecule has 1 fully saturated rings. The second-order valence-corrected chi connectivity index (χ2v) is 15.1. The summed E-state index contributed by atoms with van der Waals surface area (Å²) in [5.74, 6) is -1.62. The second kappa shape index (κ2) is 17.3. The standard InChI is InChI=1S/C28H45N5O7S2/c1-21(29)30-16-9-14-24(19-34)31-28(36)26(18-22-10-5-3-6-11-22)32-27(35)25(15-17-41(2,37)38)33-42(39,40)20-23-12-7-4-8-13-23/h4,7-8,12-13,19,22,24-26,33H,3,5-6,9-11,14-18,20H2,1-2H3,(H2,29,30)(H,31,36)(H,32,35). The molecule has 5 N–H and O–H groups in total. The highest BCUT2D eigenvalue weighted by atomic mass is 32.2. The van der Waals surface area contributed by atoms with E-state index in [0.29, 0.717) is 43.5 Å². The molecule has 2 rings (SSSR count). The number of hydrogen-bond acceptors (Lipinski definition) is 8. The molecule has 0 saturated heterocycles. The second-order valence-electron chi connectivity index (χ2n) is 11.1. The summed E-state index contributed by atoms with van der Waals surface area (Å²) in [5, 5.41) is 5.36. The first kappa shape index (κ1) is 35.4. The van der Waals surface area contributed by atoms with E-state index < -0.39 is 61.3 Å². The summed E-state index contributed by atoms with van der Waals surface area (Å²) in [7, 11) is -7.56. The number of rotatable bonds is 18. The number of sulfone groups is 1. The first-order valence-corrected chi connectivity index (χ1v) is 18.0. The predicted octanol–water partition coefficient (Wildman–Crippen LogP) is 1.21. The summed E-state index contributed by atoms with van der Waals surface area (Å²) in [6.07, 6.45) is 7.33. The van der Waals surface area contributed by atoms with Crippen LogP contribution in [-0.2, 0) is 40.0 Å². The molecule has 0 spiro atoms. The Hall–Kier alpha value is -2.84. The summed E-state index contributed by atoms with van der Waals surface area (Å²) in [5.41, 5.74) is 6.03. The van der Waals surface area contributed by atoms with Gasteiger partial charge in [0.2, 0.25) is 21.8 Å². The smallest absolute Gasteiger partial charge is 0.243 e. The fourth-order valence-corrected chi connectivity index (χ4v) is 6.95. The zero-order valence-electron chi connectivity index (χ0n) is 24.5. The van der Waals surface area contributed by atoms with E-state index in [1.807, 2.05) is 0 Å². The van der Waals surface area contributed by atoms with Crippen molar-refractivity contribution in [1.82, 2.24) is 15.4 Å². The molecule has 1 aromatic rings. The molecular formula is C28H45N5O7S2. The number of amidine groups is 1. The van der Waals surface area contributed by atoms with Gasteiger partial charge in [-0.15, -0.1) is 0 Å². The lowest BCUT2D eigenvalue weighted by atomic mass is 9.84. The average Bonchev–Trinajstić information content (AvgIpc) is 2.92.